The molecule has 0 atom stereocenters. The lowest BCUT2D eigenvalue weighted by molar-refractivity contribution is -0.274. The number of hydrazone groups is 1. The van der Waals surface area contributed by atoms with Crippen LogP contribution in [-0.4, -0.2) is 27.5 Å². The predicted molar refractivity (Wildman–Crippen MR) is 124 cm³/mol. The van der Waals surface area contributed by atoms with Crippen molar-refractivity contribution in [3.05, 3.63) is 89.7 Å². The van der Waals surface area contributed by atoms with E-state index in [1.165, 1.54) is 30.5 Å². The molecule has 2 aromatic carbocycles. The number of benzene rings is 2. The molecule has 172 valence electrons. The van der Waals surface area contributed by atoms with Gasteiger partial charge in [-0.15, -0.1) is 13.2 Å². The standard InChI is InChI=1S/C23H16ClF3N6O/c24-20-11-8-17(14-28-20)30-21-12-19(16-4-2-1-3-5-16)31-22(32-21)33-29-13-15-6-9-18(10-7-15)34-23(25,26)27/h1-14H,(H2,30,31,32,33)/b29-13-. The molecule has 0 spiro atoms. The third-order valence-corrected chi connectivity index (χ3v) is 4.51. The Balaban J connectivity index is 1.53. The maximum absolute atomic E-state index is 12.3. The molecular formula is C23H16ClF3N6O. The fourth-order valence-corrected chi connectivity index (χ4v) is 2.95. The van der Waals surface area contributed by atoms with Crippen LogP contribution in [0, 0.1) is 0 Å². The normalized spacial score (nSPS) is 11.4. The van der Waals surface area contributed by atoms with Crippen LogP contribution >= 0.6 is 11.6 Å². The van der Waals surface area contributed by atoms with Gasteiger partial charge in [-0.2, -0.15) is 10.1 Å². The topological polar surface area (TPSA) is 84.3 Å². The molecule has 4 aromatic rings. The first-order valence-electron chi connectivity index (χ1n) is 9.82. The number of hydrogen-bond acceptors (Lipinski definition) is 7. The monoisotopic (exact) mass is 484 g/mol. The zero-order chi connectivity index (χ0) is 24.0. The molecule has 0 aliphatic carbocycles. The van der Waals surface area contributed by atoms with Gasteiger partial charge in [0.25, 0.3) is 0 Å². The van der Waals surface area contributed by atoms with Crippen molar-refractivity contribution in [2.45, 2.75) is 6.36 Å². The lowest BCUT2D eigenvalue weighted by atomic mass is 10.1. The molecule has 2 aromatic heterocycles. The highest BCUT2D eigenvalue weighted by molar-refractivity contribution is 6.29. The van der Waals surface area contributed by atoms with E-state index >= 15 is 0 Å². The molecule has 34 heavy (non-hydrogen) atoms. The first kappa shape index (κ1) is 23.0. The zero-order valence-corrected chi connectivity index (χ0v) is 18.0. The van der Waals surface area contributed by atoms with Gasteiger partial charge in [0.15, 0.2) is 0 Å². The quantitative estimate of drug-likeness (QED) is 0.182. The summed E-state index contributed by atoms with van der Waals surface area (Å²) in [6.45, 7) is 0. The van der Waals surface area contributed by atoms with E-state index in [9.17, 15) is 13.2 Å². The van der Waals surface area contributed by atoms with Crippen LogP contribution in [0.1, 0.15) is 5.56 Å². The van der Waals surface area contributed by atoms with Gasteiger partial charge in [0.2, 0.25) is 5.95 Å². The summed E-state index contributed by atoms with van der Waals surface area (Å²) < 4.78 is 40.7. The number of pyridine rings is 1. The second-order valence-electron chi connectivity index (χ2n) is 6.81. The summed E-state index contributed by atoms with van der Waals surface area (Å²) in [4.78, 5) is 12.9. The van der Waals surface area contributed by atoms with E-state index in [1.54, 1.807) is 24.4 Å². The van der Waals surface area contributed by atoms with Gasteiger partial charge in [0.05, 0.1) is 23.8 Å². The number of ether oxygens (including phenoxy) is 1. The third kappa shape index (κ3) is 6.66. The van der Waals surface area contributed by atoms with E-state index in [0.717, 1.165) is 5.56 Å². The number of aromatic nitrogens is 3. The van der Waals surface area contributed by atoms with Gasteiger partial charge in [0.1, 0.15) is 16.7 Å². The Bertz CT molecular complexity index is 1270. The lowest BCUT2D eigenvalue weighted by Crippen LogP contribution is -2.17. The average molecular weight is 485 g/mol. The highest BCUT2D eigenvalue weighted by Gasteiger charge is 2.30. The number of anilines is 3. The number of rotatable bonds is 7. The predicted octanol–water partition coefficient (Wildman–Crippen LogP) is 6.28. The van der Waals surface area contributed by atoms with Crippen LogP contribution in [-0.2, 0) is 0 Å². The van der Waals surface area contributed by atoms with Gasteiger partial charge in [-0.25, -0.2) is 15.4 Å². The fraction of sp³-hybridized carbons (Fsp3) is 0.0435. The van der Waals surface area contributed by atoms with Gasteiger partial charge in [0, 0.05) is 11.6 Å². The lowest BCUT2D eigenvalue weighted by Gasteiger charge is -2.10. The molecule has 0 bridgehead atoms. The second kappa shape index (κ2) is 10.2. The Hall–Kier alpha value is -4.18. The number of nitrogens with zero attached hydrogens (tertiary/aromatic N) is 4. The summed E-state index contributed by atoms with van der Waals surface area (Å²) >= 11 is 5.84. The molecule has 0 fully saturated rings. The van der Waals surface area contributed by atoms with Crippen molar-refractivity contribution in [2.75, 3.05) is 10.7 Å². The highest BCUT2D eigenvalue weighted by atomic mass is 35.5. The molecule has 0 saturated heterocycles. The molecule has 0 unspecified atom stereocenters. The molecular weight excluding hydrogens is 469 g/mol. The van der Waals surface area contributed by atoms with Crippen molar-refractivity contribution >= 4 is 35.3 Å². The van der Waals surface area contributed by atoms with Crippen molar-refractivity contribution < 1.29 is 17.9 Å². The zero-order valence-electron chi connectivity index (χ0n) is 17.3. The SMILES string of the molecule is FC(F)(F)Oc1ccc(/C=N\Nc2nc(Nc3ccc(Cl)nc3)cc(-c3ccccc3)n2)cc1. The van der Waals surface area contributed by atoms with Crippen LogP contribution in [0.25, 0.3) is 11.3 Å². The Labute approximate surface area is 197 Å². The first-order chi connectivity index (χ1) is 16.3. The summed E-state index contributed by atoms with van der Waals surface area (Å²) in [5.41, 5.74) is 5.49. The van der Waals surface area contributed by atoms with Gasteiger partial charge >= 0.3 is 6.36 Å². The number of hydrogen-bond donors (Lipinski definition) is 2. The van der Waals surface area contributed by atoms with E-state index in [1.807, 2.05) is 30.3 Å². The maximum Gasteiger partial charge on any atom is 0.573 e. The Morgan fingerprint density at radius 1 is 0.941 bits per heavy atom. The second-order valence-corrected chi connectivity index (χ2v) is 7.20. The van der Waals surface area contributed by atoms with Gasteiger partial charge in [-0.05, 0) is 42.0 Å². The molecule has 0 amide bonds. The van der Waals surface area contributed by atoms with E-state index in [0.29, 0.717) is 27.9 Å². The molecule has 0 aliphatic rings. The van der Waals surface area contributed by atoms with Crippen LogP contribution in [0.4, 0.5) is 30.6 Å². The van der Waals surface area contributed by atoms with E-state index in [-0.39, 0.29) is 11.7 Å². The van der Waals surface area contributed by atoms with Gasteiger partial charge in [-0.3, -0.25) is 0 Å². The summed E-state index contributed by atoms with van der Waals surface area (Å²) in [5.74, 6) is 0.382. The summed E-state index contributed by atoms with van der Waals surface area (Å²) in [7, 11) is 0. The Kier molecular flexibility index (Phi) is 6.88. The molecule has 2 heterocycles. The van der Waals surface area contributed by atoms with Crippen LogP contribution in [0.5, 0.6) is 5.75 Å². The van der Waals surface area contributed by atoms with Crippen molar-refractivity contribution in [3.63, 3.8) is 0 Å². The number of alkyl halides is 3. The first-order valence-corrected chi connectivity index (χ1v) is 10.2. The van der Waals surface area contributed by atoms with Crippen LogP contribution < -0.4 is 15.5 Å². The third-order valence-electron chi connectivity index (χ3n) is 4.29. The minimum atomic E-state index is -4.74. The molecule has 7 nitrogen and oxygen atoms in total. The summed E-state index contributed by atoms with van der Waals surface area (Å²) in [5, 5.41) is 7.60. The maximum atomic E-state index is 12.3. The Morgan fingerprint density at radius 2 is 1.71 bits per heavy atom. The van der Waals surface area contributed by atoms with Crippen LogP contribution in [0.2, 0.25) is 5.15 Å². The Morgan fingerprint density at radius 3 is 2.38 bits per heavy atom. The highest BCUT2D eigenvalue weighted by Crippen LogP contribution is 2.24. The molecule has 11 heteroatoms. The summed E-state index contributed by atoms with van der Waals surface area (Å²) in [6, 6.07) is 20.0. The van der Waals surface area contributed by atoms with E-state index in [4.69, 9.17) is 11.6 Å². The summed E-state index contributed by atoms with van der Waals surface area (Å²) in [6.07, 6.45) is -1.75. The minimum Gasteiger partial charge on any atom is -0.406 e. The van der Waals surface area contributed by atoms with Crippen LogP contribution in [0.3, 0.4) is 0 Å². The van der Waals surface area contributed by atoms with E-state index < -0.39 is 6.36 Å². The van der Waals surface area contributed by atoms with Crippen molar-refractivity contribution in [1.82, 2.24) is 15.0 Å². The molecule has 4 rings (SSSR count). The van der Waals surface area contributed by atoms with Crippen molar-refractivity contribution in [3.8, 4) is 17.0 Å². The largest absolute Gasteiger partial charge is 0.573 e. The minimum absolute atomic E-state index is 0.207. The van der Waals surface area contributed by atoms with Crippen molar-refractivity contribution in [2.24, 2.45) is 5.10 Å². The smallest absolute Gasteiger partial charge is 0.406 e. The molecule has 0 aliphatic heterocycles. The van der Waals surface area contributed by atoms with Crippen LogP contribution in [0.15, 0.2) is 84.1 Å². The molecule has 0 saturated carbocycles. The van der Waals surface area contributed by atoms with Crippen molar-refractivity contribution in [1.29, 1.82) is 0 Å². The number of halogens is 4. The average Bonchev–Trinajstić information content (AvgIpc) is 2.81. The molecule has 0 radical (unpaired) electrons. The number of nitrogens with one attached hydrogen (secondary N) is 2. The van der Waals surface area contributed by atoms with Gasteiger partial charge in [-0.1, -0.05) is 41.9 Å². The fourth-order valence-electron chi connectivity index (χ4n) is 2.84. The van der Waals surface area contributed by atoms with E-state index in [2.05, 4.69) is 35.5 Å². The molecule has 2 N–H and O–H groups in total. The van der Waals surface area contributed by atoms with Gasteiger partial charge < -0.3 is 10.1 Å².